The number of nitrogens with zero attached hydrogens (tertiary/aromatic N) is 4. The molecule has 1 aromatic heterocycles. The van der Waals surface area contributed by atoms with Crippen molar-refractivity contribution in [2.45, 2.75) is 17.3 Å². The molecule has 0 spiro atoms. The molecule has 2 rings (SSSR count). The Balaban J connectivity index is 2.20. The quantitative estimate of drug-likeness (QED) is 0.630. The van der Waals surface area contributed by atoms with Crippen LogP contribution in [0.3, 0.4) is 0 Å². The smallest absolute Gasteiger partial charge is 0.234 e. The summed E-state index contributed by atoms with van der Waals surface area (Å²) in [7, 11) is 1.58. The molecule has 1 N–H and O–H groups in total. The number of thioether (sulfide) groups is 1. The van der Waals surface area contributed by atoms with Crippen molar-refractivity contribution in [3.05, 3.63) is 24.3 Å². The lowest BCUT2D eigenvalue weighted by molar-refractivity contribution is -0.120. The summed E-state index contributed by atoms with van der Waals surface area (Å²) < 4.78 is 6.84. The minimum Gasteiger partial charge on any atom is -0.494 e. The summed E-state index contributed by atoms with van der Waals surface area (Å²) in [5.41, 5.74) is 0.703. The first kappa shape index (κ1) is 15.9. The van der Waals surface area contributed by atoms with E-state index >= 15 is 0 Å². The average Bonchev–Trinajstić information content (AvgIpc) is 3.00. The Bertz CT molecular complexity index is 695. The fourth-order valence-electron chi connectivity index (χ4n) is 1.70. The van der Waals surface area contributed by atoms with Crippen LogP contribution in [0.1, 0.15) is 6.92 Å². The molecule has 0 saturated carbocycles. The highest BCUT2D eigenvalue weighted by atomic mass is 32.2. The molecule has 2 aromatic rings. The van der Waals surface area contributed by atoms with E-state index in [1.807, 2.05) is 24.3 Å². The van der Waals surface area contributed by atoms with Crippen molar-refractivity contribution in [2.75, 3.05) is 13.7 Å². The van der Waals surface area contributed by atoms with Crippen LogP contribution in [0.2, 0.25) is 0 Å². The minimum absolute atomic E-state index is 0.169. The highest BCUT2D eigenvalue weighted by molar-refractivity contribution is 8.00. The summed E-state index contributed by atoms with van der Waals surface area (Å²) in [5, 5.41) is 14.3. The Morgan fingerprint density at radius 3 is 3.05 bits per heavy atom. The monoisotopic (exact) mass is 317 g/mol. The van der Waals surface area contributed by atoms with Crippen molar-refractivity contribution < 1.29 is 9.53 Å². The molecule has 114 valence electrons. The van der Waals surface area contributed by atoms with Gasteiger partial charge in [-0.15, -0.1) is 11.5 Å². The van der Waals surface area contributed by atoms with Gasteiger partial charge in [-0.3, -0.25) is 4.79 Å². The number of para-hydroxylation sites is 2. The number of methoxy groups -OCH3 is 1. The maximum absolute atomic E-state index is 11.9. The largest absolute Gasteiger partial charge is 0.494 e. The van der Waals surface area contributed by atoms with E-state index in [0.717, 1.165) is 0 Å². The number of nitrogens with one attached hydrogen (secondary N) is 1. The van der Waals surface area contributed by atoms with E-state index in [9.17, 15) is 4.79 Å². The van der Waals surface area contributed by atoms with Crippen LogP contribution in [0.5, 0.6) is 5.75 Å². The number of terminal acetylenes is 1. The number of amides is 1. The summed E-state index contributed by atoms with van der Waals surface area (Å²) in [6.07, 6.45) is 5.12. The molecule has 1 unspecified atom stereocenters. The molecule has 0 aliphatic carbocycles. The molecule has 1 amide bonds. The van der Waals surface area contributed by atoms with E-state index in [-0.39, 0.29) is 17.7 Å². The predicted octanol–water partition coefficient (Wildman–Crippen LogP) is 0.901. The van der Waals surface area contributed by atoms with Crippen LogP contribution >= 0.6 is 11.8 Å². The SMILES string of the molecule is C#CCNC(=O)C(C)Sc1nnnn1-c1ccccc1OC. The first-order chi connectivity index (χ1) is 10.7. The highest BCUT2D eigenvalue weighted by Crippen LogP contribution is 2.27. The molecule has 0 saturated heterocycles. The van der Waals surface area contributed by atoms with Crippen LogP contribution in [-0.2, 0) is 4.79 Å². The summed E-state index contributed by atoms with van der Waals surface area (Å²) >= 11 is 1.24. The van der Waals surface area contributed by atoms with Gasteiger partial charge in [0.05, 0.1) is 18.9 Å². The molecule has 0 radical (unpaired) electrons. The van der Waals surface area contributed by atoms with Gasteiger partial charge in [-0.2, -0.15) is 4.68 Å². The van der Waals surface area contributed by atoms with Crippen LogP contribution in [0, 0.1) is 12.3 Å². The van der Waals surface area contributed by atoms with Gasteiger partial charge in [-0.1, -0.05) is 29.8 Å². The Labute approximate surface area is 132 Å². The molecule has 1 heterocycles. The number of rotatable bonds is 6. The van der Waals surface area contributed by atoms with Crippen molar-refractivity contribution in [1.82, 2.24) is 25.5 Å². The van der Waals surface area contributed by atoms with Crippen LogP contribution in [0.25, 0.3) is 5.69 Å². The molecule has 1 atom stereocenters. The minimum atomic E-state index is -0.382. The predicted molar refractivity (Wildman–Crippen MR) is 82.9 cm³/mol. The molecule has 8 heteroatoms. The lowest BCUT2D eigenvalue weighted by Crippen LogP contribution is -2.31. The number of tetrazole rings is 1. The van der Waals surface area contributed by atoms with Gasteiger partial charge in [0.2, 0.25) is 11.1 Å². The Morgan fingerprint density at radius 1 is 1.55 bits per heavy atom. The normalized spacial score (nSPS) is 11.5. The van der Waals surface area contributed by atoms with Crippen LogP contribution in [0.4, 0.5) is 0 Å². The van der Waals surface area contributed by atoms with E-state index in [2.05, 4.69) is 26.8 Å². The summed E-state index contributed by atoms with van der Waals surface area (Å²) in [6, 6.07) is 7.36. The van der Waals surface area contributed by atoms with Gasteiger partial charge in [-0.05, 0) is 29.5 Å². The lowest BCUT2D eigenvalue weighted by atomic mass is 10.3. The fraction of sp³-hybridized carbons (Fsp3) is 0.286. The second-order valence-electron chi connectivity index (χ2n) is 4.23. The third-order valence-corrected chi connectivity index (χ3v) is 3.80. The second kappa shape index (κ2) is 7.47. The number of hydrogen-bond donors (Lipinski definition) is 1. The summed E-state index contributed by atoms with van der Waals surface area (Å²) in [5.74, 6) is 2.83. The maximum Gasteiger partial charge on any atom is 0.234 e. The molecule has 1 aromatic carbocycles. The highest BCUT2D eigenvalue weighted by Gasteiger charge is 2.19. The second-order valence-corrected chi connectivity index (χ2v) is 5.54. The van der Waals surface area contributed by atoms with Gasteiger partial charge in [0.15, 0.2) is 0 Å². The summed E-state index contributed by atoms with van der Waals surface area (Å²) in [6.45, 7) is 1.96. The zero-order chi connectivity index (χ0) is 15.9. The van der Waals surface area contributed by atoms with Crippen molar-refractivity contribution in [1.29, 1.82) is 0 Å². The van der Waals surface area contributed by atoms with Gasteiger partial charge in [0.1, 0.15) is 11.4 Å². The van der Waals surface area contributed by atoms with E-state index < -0.39 is 0 Å². The van der Waals surface area contributed by atoms with Crippen molar-refractivity contribution in [3.8, 4) is 23.8 Å². The van der Waals surface area contributed by atoms with Gasteiger partial charge in [0, 0.05) is 0 Å². The topological polar surface area (TPSA) is 81.9 Å². The standard InChI is InChI=1S/C14H15N5O2S/c1-4-9-15-13(20)10(2)22-14-16-17-18-19(14)11-7-5-6-8-12(11)21-3/h1,5-8,10H,9H2,2-3H3,(H,15,20). The molecular formula is C14H15N5O2S. The number of ether oxygens (including phenoxy) is 1. The molecule has 0 bridgehead atoms. The lowest BCUT2D eigenvalue weighted by Gasteiger charge is -2.11. The van der Waals surface area contributed by atoms with E-state index in [0.29, 0.717) is 16.6 Å². The summed E-state index contributed by atoms with van der Waals surface area (Å²) in [4.78, 5) is 11.9. The van der Waals surface area contributed by atoms with Crippen molar-refractivity contribution in [3.63, 3.8) is 0 Å². The van der Waals surface area contributed by atoms with Gasteiger partial charge in [0.25, 0.3) is 0 Å². The molecule has 0 aliphatic heterocycles. The number of carbonyl (C=O) groups excluding carboxylic acids is 1. The van der Waals surface area contributed by atoms with Gasteiger partial charge < -0.3 is 10.1 Å². The molecule has 22 heavy (non-hydrogen) atoms. The average molecular weight is 317 g/mol. The fourth-order valence-corrected chi connectivity index (χ4v) is 2.53. The Morgan fingerprint density at radius 2 is 2.32 bits per heavy atom. The molecular weight excluding hydrogens is 302 g/mol. The number of carbonyl (C=O) groups is 1. The zero-order valence-corrected chi connectivity index (χ0v) is 13.0. The number of aromatic nitrogens is 4. The first-order valence-electron chi connectivity index (χ1n) is 6.47. The zero-order valence-electron chi connectivity index (χ0n) is 12.2. The van der Waals surface area contributed by atoms with Gasteiger partial charge in [-0.25, -0.2) is 0 Å². The van der Waals surface area contributed by atoms with Crippen molar-refractivity contribution >= 4 is 17.7 Å². The Hall–Kier alpha value is -2.53. The molecule has 0 fully saturated rings. The Kier molecular flexibility index (Phi) is 5.38. The molecule has 7 nitrogen and oxygen atoms in total. The first-order valence-corrected chi connectivity index (χ1v) is 7.35. The van der Waals surface area contributed by atoms with Crippen LogP contribution in [-0.4, -0.2) is 45.0 Å². The third kappa shape index (κ3) is 3.56. The number of hydrogen-bond acceptors (Lipinski definition) is 6. The van der Waals surface area contributed by atoms with Crippen LogP contribution in [0.15, 0.2) is 29.4 Å². The van der Waals surface area contributed by atoms with E-state index in [1.165, 1.54) is 16.4 Å². The van der Waals surface area contributed by atoms with E-state index in [4.69, 9.17) is 11.2 Å². The van der Waals surface area contributed by atoms with Crippen LogP contribution < -0.4 is 10.1 Å². The number of benzene rings is 1. The molecule has 0 aliphatic rings. The third-order valence-electron chi connectivity index (χ3n) is 2.77. The van der Waals surface area contributed by atoms with E-state index in [1.54, 1.807) is 14.0 Å². The van der Waals surface area contributed by atoms with Crippen molar-refractivity contribution in [2.24, 2.45) is 0 Å². The maximum atomic E-state index is 11.9. The van der Waals surface area contributed by atoms with Gasteiger partial charge >= 0.3 is 0 Å².